The first-order valence-corrected chi connectivity index (χ1v) is 8.79. The van der Waals surface area contributed by atoms with Crippen LogP contribution in [0.3, 0.4) is 0 Å². The predicted molar refractivity (Wildman–Crippen MR) is 106 cm³/mol. The minimum atomic E-state index is -1.13. The summed E-state index contributed by atoms with van der Waals surface area (Å²) in [4.78, 5) is 27.2. The van der Waals surface area contributed by atoms with E-state index < -0.39 is 17.5 Å². The van der Waals surface area contributed by atoms with Crippen molar-refractivity contribution in [2.24, 2.45) is 0 Å². The number of ketones is 1. The second-order valence-electron chi connectivity index (χ2n) is 6.46. The monoisotopic (exact) mass is 384 g/mol. The van der Waals surface area contributed by atoms with E-state index in [4.69, 9.17) is 5.11 Å². The van der Waals surface area contributed by atoms with Crippen molar-refractivity contribution >= 4 is 22.7 Å². The van der Waals surface area contributed by atoms with Crippen molar-refractivity contribution in [3.05, 3.63) is 70.4 Å². The SMILES string of the molecule is Cc1ccc(C#Cc2ccc3c(C#N)c(O)c(C(=O)CCC(=O)O)nc3c2)cc1. The molecule has 0 atom stereocenters. The van der Waals surface area contributed by atoms with Gasteiger partial charge in [0, 0.05) is 22.9 Å². The normalized spacial score (nSPS) is 10.1. The maximum absolute atomic E-state index is 12.3. The highest BCUT2D eigenvalue weighted by molar-refractivity contribution is 6.02. The minimum Gasteiger partial charge on any atom is -0.504 e. The summed E-state index contributed by atoms with van der Waals surface area (Å²) in [5.41, 5.74) is 2.55. The zero-order valence-electron chi connectivity index (χ0n) is 15.6. The number of aromatic hydroxyl groups is 1. The molecule has 3 aromatic rings. The first-order valence-electron chi connectivity index (χ1n) is 8.79. The lowest BCUT2D eigenvalue weighted by Gasteiger charge is -2.08. The lowest BCUT2D eigenvalue weighted by Crippen LogP contribution is -2.07. The molecule has 142 valence electrons. The molecule has 0 saturated carbocycles. The Hall–Kier alpha value is -4.16. The molecule has 0 aliphatic carbocycles. The van der Waals surface area contributed by atoms with Crippen molar-refractivity contribution in [2.45, 2.75) is 19.8 Å². The Kier molecular flexibility index (Phi) is 5.57. The van der Waals surface area contributed by atoms with Crippen LogP contribution in [-0.2, 0) is 4.79 Å². The number of hydrogen-bond acceptors (Lipinski definition) is 5. The molecule has 0 bridgehead atoms. The van der Waals surface area contributed by atoms with E-state index in [1.807, 2.05) is 37.3 Å². The van der Waals surface area contributed by atoms with Gasteiger partial charge in [-0.3, -0.25) is 9.59 Å². The molecule has 0 unspecified atom stereocenters. The summed E-state index contributed by atoms with van der Waals surface area (Å²) >= 11 is 0. The number of benzene rings is 2. The van der Waals surface area contributed by atoms with Crippen LogP contribution in [0.1, 0.15) is 45.6 Å². The van der Waals surface area contributed by atoms with Crippen molar-refractivity contribution in [1.29, 1.82) is 5.26 Å². The number of aromatic nitrogens is 1. The lowest BCUT2D eigenvalue weighted by molar-refractivity contribution is -0.136. The second kappa shape index (κ2) is 8.24. The summed E-state index contributed by atoms with van der Waals surface area (Å²) < 4.78 is 0. The van der Waals surface area contributed by atoms with Gasteiger partial charge in [-0.15, -0.1) is 0 Å². The summed E-state index contributed by atoms with van der Waals surface area (Å²) in [7, 11) is 0. The van der Waals surface area contributed by atoms with Gasteiger partial charge in [-0.25, -0.2) is 4.98 Å². The van der Waals surface area contributed by atoms with Crippen LogP contribution < -0.4 is 0 Å². The molecule has 2 aromatic carbocycles. The van der Waals surface area contributed by atoms with Gasteiger partial charge in [0.1, 0.15) is 17.3 Å². The van der Waals surface area contributed by atoms with E-state index >= 15 is 0 Å². The number of carboxylic acid groups (broad SMARTS) is 1. The summed E-state index contributed by atoms with van der Waals surface area (Å²) in [6.45, 7) is 1.99. The fourth-order valence-electron chi connectivity index (χ4n) is 2.76. The van der Waals surface area contributed by atoms with E-state index in [1.165, 1.54) is 0 Å². The Morgan fingerprint density at radius 3 is 2.34 bits per heavy atom. The molecule has 0 radical (unpaired) electrons. The van der Waals surface area contributed by atoms with Crippen LogP contribution in [0, 0.1) is 30.1 Å². The molecular formula is C23H16N2O4. The van der Waals surface area contributed by atoms with Gasteiger partial charge < -0.3 is 10.2 Å². The molecular weight excluding hydrogens is 368 g/mol. The van der Waals surface area contributed by atoms with Gasteiger partial charge in [0.2, 0.25) is 0 Å². The number of nitrogens with zero attached hydrogens (tertiary/aromatic N) is 2. The molecule has 0 fully saturated rings. The number of carbonyl (C=O) groups excluding carboxylic acids is 1. The summed E-state index contributed by atoms with van der Waals surface area (Å²) in [5.74, 6) is 3.75. The molecule has 1 aromatic heterocycles. The van der Waals surface area contributed by atoms with Crippen molar-refractivity contribution in [2.75, 3.05) is 0 Å². The third-order valence-electron chi connectivity index (χ3n) is 4.31. The average molecular weight is 384 g/mol. The number of carboxylic acids is 1. The molecule has 0 aliphatic rings. The van der Waals surface area contributed by atoms with E-state index in [2.05, 4.69) is 16.8 Å². The van der Waals surface area contributed by atoms with Crippen molar-refractivity contribution in [3.63, 3.8) is 0 Å². The number of aryl methyl sites for hydroxylation is 1. The quantitative estimate of drug-likeness (QED) is 0.525. The zero-order valence-corrected chi connectivity index (χ0v) is 15.6. The van der Waals surface area contributed by atoms with Gasteiger partial charge in [0.15, 0.2) is 11.5 Å². The Morgan fingerprint density at radius 2 is 1.69 bits per heavy atom. The largest absolute Gasteiger partial charge is 0.504 e. The Morgan fingerprint density at radius 1 is 1.03 bits per heavy atom. The van der Waals surface area contributed by atoms with E-state index in [0.717, 1.165) is 11.1 Å². The highest BCUT2D eigenvalue weighted by Gasteiger charge is 2.20. The average Bonchev–Trinajstić information content (AvgIpc) is 2.71. The van der Waals surface area contributed by atoms with E-state index in [0.29, 0.717) is 16.5 Å². The van der Waals surface area contributed by atoms with E-state index in [1.54, 1.807) is 18.2 Å². The van der Waals surface area contributed by atoms with Crippen LogP contribution in [0.25, 0.3) is 10.9 Å². The summed E-state index contributed by atoms with van der Waals surface area (Å²) in [5, 5.41) is 28.8. The fourth-order valence-corrected chi connectivity index (χ4v) is 2.76. The second-order valence-corrected chi connectivity index (χ2v) is 6.46. The number of rotatable bonds is 4. The molecule has 2 N–H and O–H groups in total. The molecule has 0 amide bonds. The van der Waals surface area contributed by atoms with Gasteiger partial charge >= 0.3 is 5.97 Å². The highest BCUT2D eigenvalue weighted by Crippen LogP contribution is 2.29. The Labute approximate surface area is 167 Å². The topological polar surface area (TPSA) is 111 Å². The molecule has 0 saturated heterocycles. The van der Waals surface area contributed by atoms with Crippen LogP contribution in [0.4, 0.5) is 0 Å². The Bertz CT molecular complexity index is 1230. The fraction of sp³-hybridized carbons (Fsp3) is 0.130. The number of carbonyl (C=O) groups is 2. The number of aliphatic carboxylic acids is 1. The van der Waals surface area contributed by atoms with Gasteiger partial charge in [-0.05, 0) is 31.2 Å². The van der Waals surface area contributed by atoms with Gasteiger partial charge in [-0.1, -0.05) is 35.6 Å². The smallest absolute Gasteiger partial charge is 0.303 e. The number of hydrogen-bond donors (Lipinski definition) is 2. The van der Waals surface area contributed by atoms with Gasteiger partial charge in [0.25, 0.3) is 0 Å². The maximum Gasteiger partial charge on any atom is 0.303 e. The van der Waals surface area contributed by atoms with Gasteiger partial charge in [0.05, 0.1) is 11.9 Å². The van der Waals surface area contributed by atoms with Gasteiger partial charge in [-0.2, -0.15) is 5.26 Å². The molecule has 0 aliphatic heterocycles. The van der Waals surface area contributed by atoms with Crippen molar-refractivity contribution < 1.29 is 19.8 Å². The lowest BCUT2D eigenvalue weighted by atomic mass is 10.0. The highest BCUT2D eigenvalue weighted by atomic mass is 16.4. The summed E-state index contributed by atoms with van der Waals surface area (Å²) in [6.07, 6.45) is -0.707. The number of Topliss-reactive ketones (excluding diaryl/α,β-unsaturated/α-hetero) is 1. The zero-order chi connectivity index (χ0) is 21.0. The Balaban J connectivity index is 2.04. The molecule has 6 heteroatoms. The third kappa shape index (κ3) is 4.40. The third-order valence-corrected chi connectivity index (χ3v) is 4.31. The molecule has 3 rings (SSSR count). The predicted octanol–water partition coefficient (Wildman–Crippen LogP) is 3.57. The number of nitriles is 1. The molecule has 0 spiro atoms. The minimum absolute atomic E-state index is 0.0771. The molecule has 1 heterocycles. The number of pyridine rings is 1. The summed E-state index contributed by atoms with van der Waals surface area (Å²) in [6, 6.07) is 14.6. The van der Waals surface area contributed by atoms with Crippen LogP contribution >= 0.6 is 0 Å². The van der Waals surface area contributed by atoms with Crippen LogP contribution in [0.15, 0.2) is 42.5 Å². The molecule has 6 nitrogen and oxygen atoms in total. The van der Waals surface area contributed by atoms with Crippen molar-refractivity contribution in [3.8, 4) is 23.7 Å². The van der Waals surface area contributed by atoms with E-state index in [9.17, 15) is 20.0 Å². The van der Waals surface area contributed by atoms with Crippen molar-refractivity contribution in [1.82, 2.24) is 4.98 Å². The van der Waals surface area contributed by atoms with Crippen LogP contribution in [0.2, 0.25) is 0 Å². The standard InChI is InChI=1S/C23H16N2O4/c1-14-2-4-15(5-3-14)6-7-16-8-9-17-18(13-24)23(29)22(25-19(17)12-16)20(26)10-11-21(27)28/h2-5,8-9,12,29H,10-11H2,1H3,(H,27,28). The first kappa shape index (κ1) is 19.6. The van der Waals surface area contributed by atoms with E-state index in [-0.39, 0.29) is 24.1 Å². The maximum atomic E-state index is 12.3. The first-order chi connectivity index (χ1) is 13.9. The number of fused-ring (bicyclic) bond motifs is 1. The van der Waals surface area contributed by atoms with Crippen LogP contribution in [-0.4, -0.2) is 26.9 Å². The van der Waals surface area contributed by atoms with Crippen LogP contribution in [0.5, 0.6) is 5.75 Å². The molecule has 29 heavy (non-hydrogen) atoms.